The third kappa shape index (κ3) is 3.64. The predicted octanol–water partition coefficient (Wildman–Crippen LogP) is 3.57. The summed E-state index contributed by atoms with van der Waals surface area (Å²) in [5.74, 6) is 2.55. The van der Waals surface area contributed by atoms with Gasteiger partial charge in [0, 0.05) is 37.8 Å². The SMILES string of the molecule is COc1ccc(C(C)C)cc1[C@@H](CC1CC1)N1CCNCC1. The van der Waals surface area contributed by atoms with Crippen LogP contribution in [0.1, 0.15) is 56.2 Å². The molecule has 22 heavy (non-hydrogen) atoms. The Bertz CT molecular complexity index is 490. The smallest absolute Gasteiger partial charge is 0.123 e. The summed E-state index contributed by atoms with van der Waals surface area (Å²) >= 11 is 0. The highest BCUT2D eigenvalue weighted by atomic mass is 16.5. The van der Waals surface area contributed by atoms with Crippen molar-refractivity contribution in [1.82, 2.24) is 10.2 Å². The van der Waals surface area contributed by atoms with Crippen LogP contribution in [0.2, 0.25) is 0 Å². The van der Waals surface area contributed by atoms with E-state index in [1.54, 1.807) is 7.11 Å². The minimum absolute atomic E-state index is 0.517. The van der Waals surface area contributed by atoms with Crippen LogP contribution in [0.25, 0.3) is 0 Å². The van der Waals surface area contributed by atoms with Crippen molar-refractivity contribution >= 4 is 0 Å². The molecule has 0 aromatic heterocycles. The molecule has 0 spiro atoms. The normalized spacial score (nSPS) is 21.1. The molecule has 1 saturated carbocycles. The molecule has 1 N–H and O–H groups in total. The fourth-order valence-electron chi connectivity index (χ4n) is 3.51. The number of benzene rings is 1. The summed E-state index contributed by atoms with van der Waals surface area (Å²) in [5, 5.41) is 3.48. The Hall–Kier alpha value is -1.06. The van der Waals surface area contributed by atoms with Crippen LogP contribution in [0.5, 0.6) is 5.75 Å². The Labute approximate surface area is 135 Å². The summed E-state index contributed by atoms with van der Waals surface area (Å²) in [5.41, 5.74) is 2.83. The van der Waals surface area contributed by atoms with Crippen LogP contribution in [0, 0.1) is 5.92 Å². The number of nitrogens with zero attached hydrogens (tertiary/aromatic N) is 1. The highest BCUT2D eigenvalue weighted by Crippen LogP contribution is 2.43. The second kappa shape index (κ2) is 7.01. The van der Waals surface area contributed by atoms with E-state index in [9.17, 15) is 0 Å². The summed E-state index contributed by atoms with van der Waals surface area (Å²) < 4.78 is 5.71. The summed E-state index contributed by atoms with van der Waals surface area (Å²) in [6.45, 7) is 9.04. The summed E-state index contributed by atoms with van der Waals surface area (Å²) in [6, 6.07) is 7.31. The molecule has 1 aromatic carbocycles. The van der Waals surface area contributed by atoms with Gasteiger partial charge in [-0.05, 0) is 29.9 Å². The number of hydrogen-bond acceptors (Lipinski definition) is 3. The number of rotatable bonds is 6. The van der Waals surface area contributed by atoms with Crippen molar-refractivity contribution in [2.24, 2.45) is 5.92 Å². The van der Waals surface area contributed by atoms with Crippen molar-refractivity contribution in [1.29, 1.82) is 0 Å². The van der Waals surface area contributed by atoms with E-state index in [1.165, 1.54) is 30.4 Å². The average Bonchev–Trinajstić information content (AvgIpc) is 3.37. The van der Waals surface area contributed by atoms with E-state index in [2.05, 4.69) is 42.3 Å². The predicted molar refractivity (Wildman–Crippen MR) is 91.6 cm³/mol. The minimum Gasteiger partial charge on any atom is -0.496 e. The molecular formula is C19H30N2O. The van der Waals surface area contributed by atoms with Gasteiger partial charge in [0.25, 0.3) is 0 Å². The highest BCUT2D eigenvalue weighted by Gasteiger charge is 2.32. The molecule has 1 aliphatic carbocycles. The Morgan fingerprint density at radius 1 is 1.23 bits per heavy atom. The van der Waals surface area contributed by atoms with Crippen LogP contribution in [-0.4, -0.2) is 38.2 Å². The number of nitrogens with one attached hydrogen (secondary N) is 1. The van der Waals surface area contributed by atoms with Crippen LogP contribution in [0.3, 0.4) is 0 Å². The van der Waals surface area contributed by atoms with E-state index in [0.717, 1.165) is 37.8 Å². The van der Waals surface area contributed by atoms with Gasteiger partial charge in [0.1, 0.15) is 5.75 Å². The van der Waals surface area contributed by atoms with Gasteiger partial charge in [-0.25, -0.2) is 0 Å². The molecule has 1 saturated heterocycles. The van der Waals surface area contributed by atoms with Gasteiger partial charge >= 0.3 is 0 Å². The van der Waals surface area contributed by atoms with Crippen LogP contribution >= 0.6 is 0 Å². The van der Waals surface area contributed by atoms with Gasteiger partial charge in [-0.1, -0.05) is 38.8 Å². The van der Waals surface area contributed by atoms with Crippen molar-refractivity contribution in [2.45, 2.75) is 45.1 Å². The Kier molecular flexibility index (Phi) is 5.04. The standard InChI is InChI=1S/C19H30N2O/c1-14(2)16-6-7-19(22-3)17(13-16)18(12-15-4-5-15)21-10-8-20-9-11-21/h6-7,13-15,18,20H,4-5,8-12H2,1-3H3/t18-/m1/s1. The molecule has 3 heteroatoms. The zero-order valence-electron chi connectivity index (χ0n) is 14.3. The summed E-state index contributed by atoms with van der Waals surface area (Å²) in [6.07, 6.45) is 4.11. The van der Waals surface area contributed by atoms with Crippen LogP contribution in [-0.2, 0) is 0 Å². The topological polar surface area (TPSA) is 24.5 Å². The lowest BCUT2D eigenvalue weighted by Crippen LogP contribution is -2.45. The van der Waals surface area contributed by atoms with Gasteiger partial charge in [-0.15, -0.1) is 0 Å². The molecule has 1 heterocycles. The maximum Gasteiger partial charge on any atom is 0.123 e. The zero-order chi connectivity index (χ0) is 15.5. The average molecular weight is 302 g/mol. The maximum atomic E-state index is 5.71. The van der Waals surface area contributed by atoms with Gasteiger partial charge < -0.3 is 10.1 Å². The molecular weight excluding hydrogens is 272 g/mol. The number of hydrogen-bond donors (Lipinski definition) is 1. The molecule has 0 unspecified atom stereocenters. The van der Waals surface area contributed by atoms with Crippen LogP contribution in [0.4, 0.5) is 0 Å². The van der Waals surface area contributed by atoms with Gasteiger partial charge in [0.05, 0.1) is 7.11 Å². The lowest BCUT2D eigenvalue weighted by Gasteiger charge is -2.36. The first-order chi connectivity index (χ1) is 10.7. The molecule has 0 bridgehead atoms. The highest BCUT2D eigenvalue weighted by molar-refractivity contribution is 5.40. The van der Waals surface area contributed by atoms with E-state index in [4.69, 9.17) is 4.74 Å². The van der Waals surface area contributed by atoms with Crippen molar-refractivity contribution in [3.8, 4) is 5.75 Å². The van der Waals surface area contributed by atoms with Crippen molar-refractivity contribution in [2.75, 3.05) is 33.3 Å². The van der Waals surface area contributed by atoms with E-state index < -0.39 is 0 Å². The Balaban J connectivity index is 1.91. The van der Waals surface area contributed by atoms with E-state index in [0.29, 0.717) is 12.0 Å². The first kappa shape index (κ1) is 15.8. The van der Waals surface area contributed by atoms with Gasteiger partial charge in [0.2, 0.25) is 0 Å². The van der Waals surface area contributed by atoms with E-state index in [-0.39, 0.29) is 0 Å². The van der Waals surface area contributed by atoms with Crippen LogP contribution in [0.15, 0.2) is 18.2 Å². The molecule has 1 aromatic rings. The lowest BCUT2D eigenvalue weighted by molar-refractivity contribution is 0.157. The molecule has 1 atom stereocenters. The van der Waals surface area contributed by atoms with Crippen LogP contribution < -0.4 is 10.1 Å². The molecule has 3 rings (SSSR count). The maximum absolute atomic E-state index is 5.71. The Morgan fingerprint density at radius 3 is 2.55 bits per heavy atom. The fraction of sp³-hybridized carbons (Fsp3) is 0.684. The molecule has 3 nitrogen and oxygen atoms in total. The van der Waals surface area contributed by atoms with Crippen molar-refractivity contribution in [3.63, 3.8) is 0 Å². The second-order valence-corrected chi connectivity index (χ2v) is 7.14. The van der Waals surface area contributed by atoms with E-state index in [1.807, 2.05) is 0 Å². The van der Waals surface area contributed by atoms with Gasteiger partial charge in [-0.2, -0.15) is 0 Å². The molecule has 122 valence electrons. The van der Waals surface area contributed by atoms with Crippen molar-refractivity contribution in [3.05, 3.63) is 29.3 Å². The molecule has 0 amide bonds. The fourth-order valence-corrected chi connectivity index (χ4v) is 3.51. The zero-order valence-corrected chi connectivity index (χ0v) is 14.3. The third-order valence-corrected chi connectivity index (χ3v) is 5.13. The largest absolute Gasteiger partial charge is 0.496 e. The first-order valence-electron chi connectivity index (χ1n) is 8.81. The van der Waals surface area contributed by atoms with Gasteiger partial charge in [0.15, 0.2) is 0 Å². The quantitative estimate of drug-likeness (QED) is 0.869. The first-order valence-corrected chi connectivity index (χ1v) is 8.81. The minimum atomic E-state index is 0.517. The molecule has 0 radical (unpaired) electrons. The molecule has 2 fully saturated rings. The number of methoxy groups -OCH3 is 1. The number of ether oxygens (including phenoxy) is 1. The van der Waals surface area contributed by atoms with Crippen molar-refractivity contribution < 1.29 is 4.74 Å². The van der Waals surface area contributed by atoms with E-state index >= 15 is 0 Å². The molecule has 1 aliphatic heterocycles. The third-order valence-electron chi connectivity index (χ3n) is 5.13. The summed E-state index contributed by atoms with van der Waals surface area (Å²) in [7, 11) is 1.81. The second-order valence-electron chi connectivity index (χ2n) is 7.14. The summed E-state index contributed by atoms with van der Waals surface area (Å²) in [4.78, 5) is 2.66. The Morgan fingerprint density at radius 2 is 1.95 bits per heavy atom. The molecule has 2 aliphatic rings. The lowest BCUT2D eigenvalue weighted by atomic mass is 9.93. The monoisotopic (exact) mass is 302 g/mol. The number of piperazine rings is 1. The van der Waals surface area contributed by atoms with Gasteiger partial charge in [-0.3, -0.25) is 4.90 Å².